The summed E-state index contributed by atoms with van der Waals surface area (Å²) in [6.45, 7) is 0.732. The van der Waals surface area contributed by atoms with Crippen molar-refractivity contribution in [3.05, 3.63) is 71.1 Å². The lowest BCUT2D eigenvalue weighted by atomic mass is 10.2. The van der Waals surface area contributed by atoms with Crippen LogP contribution in [0.2, 0.25) is 5.02 Å². The van der Waals surface area contributed by atoms with Crippen LogP contribution in [-0.4, -0.2) is 31.9 Å². The third-order valence-electron chi connectivity index (χ3n) is 4.46. The van der Waals surface area contributed by atoms with Crippen LogP contribution in [0.1, 0.15) is 30.3 Å². The Labute approximate surface area is 150 Å². The zero-order valence-electron chi connectivity index (χ0n) is 13.5. The molecule has 25 heavy (non-hydrogen) atoms. The summed E-state index contributed by atoms with van der Waals surface area (Å²) in [6.07, 6.45) is 7.24. The molecule has 3 aromatic rings. The number of benzene rings is 1. The molecule has 0 saturated carbocycles. The van der Waals surface area contributed by atoms with Crippen molar-refractivity contribution in [3.8, 4) is 0 Å². The first-order valence-corrected chi connectivity index (χ1v) is 8.64. The maximum absolute atomic E-state index is 12.7. The highest BCUT2D eigenvalue weighted by molar-refractivity contribution is 6.30. The van der Waals surface area contributed by atoms with Gasteiger partial charge >= 0.3 is 0 Å². The Morgan fingerprint density at radius 3 is 2.84 bits per heavy atom. The molecule has 1 saturated heterocycles. The van der Waals surface area contributed by atoms with Gasteiger partial charge in [0.05, 0.1) is 6.04 Å². The van der Waals surface area contributed by atoms with E-state index in [1.807, 2.05) is 64.0 Å². The molecule has 2 aromatic heterocycles. The minimum absolute atomic E-state index is 0.00914. The van der Waals surface area contributed by atoms with E-state index in [1.165, 1.54) is 0 Å². The van der Waals surface area contributed by atoms with Crippen molar-refractivity contribution in [1.29, 1.82) is 0 Å². The van der Waals surface area contributed by atoms with Crippen LogP contribution in [0, 0.1) is 0 Å². The summed E-state index contributed by atoms with van der Waals surface area (Å²) < 4.78 is 1.96. The number of amides is 1. The maximum Gasteiger partial charge on any atom is 0.247 e. The van der Waals surface area contributed by atoms with Gasteiger partial charge in [0, 0.05) is 23.8 Å². The van der Waals surface area contributed by atoms with Gasteiger partial charge in [0.25, 0.3) is 0 Å². The molecule has 0 aliphatic carbocycles. The first-order valence-electron chi connectivity index (χ1n) is 8.26. The van der Waals surface area contributed by atoms with Crippen LogP contribution in [0.15, 0.2) is 54.7 Å². The molecule has 1 atom stereocenters. The van der Waals surface area contributed by atoms with Crippen LogP contribution < -0.4 is 0 Å². The van der Waals surface area contributed by atoms with E-state index in [1.54, 1.807) is 6.08 Å². The summed E-state index contributed by atoms with van der Waals surface area (Å²) in [7, 11) is 0. The molecule has 0 N–H and O–H groups in total. The number of carbonyl (C=O) groups excluding carboxylic acids is 1. The number of hydrogen-bond acceptors (Lipinski definition) is 3. The SMILES string of the molecule is O=C(C=Cc1ccc(Cl)cc1)N1CCCC1c1nnc2ccccn12. The van der Waals surface area contributed by atoms with Gasteiger partial charge in [0.2, 0.25) is 5.91 Å². The second kappa shape index (κ2) is 6.69. The number of pyridine rings is 1. The number of aromatic nitrogens is 3. The summed E-state index contributed by atoms with van der Waals surface area (Å²) >= 11 is 5.89. The molecule has 0 bridgehead atoms. The number of fused-ring (bicyclic) bond motifs is 1. The monoisotopic (exact) mass is 352 g/mol. The number of nitrogens with zero attached hydrogens (tertiary/aromatic N) is 4. The Kier molecular flexibility index (Phi) is 4.24. The molecule has 126 valence electrons. The Morgan fingerprint density at radius 2 is 2.00 bits per heavy atom. The second-order valence-electron chi connectivity index (χ2n) is 6.06. The third-order valence-corrected chi connectivity index (χ3v) is 4.71. The van der Waals surface area contributed by atoms with E-state index in [4.69, 9.17) is 11.6 Å². The fraction of sp³-hybridized carbons (Fsp3) is 0.211. The molecule has 5 nitrogen and oxygen atoms in total. The van der Waals surface area contributed by atoms with Crippen molar-refractivity contribution in [2.24, 2.45) is 0 Å². The zero-order chi connectivity index (χ0) is 17.2. The Morgan fingerprint density at radius 1 is 1.16 bits per heavy atom. The molecule has 4 rings (SSSR count). The van der Waals surface area contributed by atoms with Gasteiger partial charge < -0.3 is 4.90 Å². The predicted octanol–water partition coefficient (Wildman–Crippen LogP) is 3.76. The molecule has 1 unspecified atom stereocenters. The first-order chi connectivity index (χ1) is 12.2. The molecule has 1 aliphatic rings. The normalized spacial score (nSPS) is 17.6. The van der Waals surface area contributed by atoms with E-state index in [-0.39, 0.29) is 11.9 Å². The third kappa shape index (κ3) is 3.15. The molecule has 1 aliphatic heterocycles. The van der Waals surface area contributed by atoms with Gasteiger partial charge in [-0.2, -0.15) is 0 Å². The highest BCUT2D eigenvalue weighted by Gasteiger charge is 2.32. The van der Waals surface area contributed by atoms with Gasteiger partial charge in [-0.1, -0.05) is 29.8 Å². The zero-order valence-corrected chi connectivity index (χ0v) is 14.3. The van der Waals surface area contributed by atoms with Crippen molar-refractivity contribution in [3.63, 3.8) is 0 Å². The van der Waals surface area contributed by atoms with Gasteiger partial charge in [0.1, 0.15) is 0 Å². The summed E-state index contributed by atoms with van der Waals surface area (Å²) in [4.78, 5) is 14.6. The van der Waals surface area contributed by atoms with E-state index in [0.29, 0.717) is 5.02 Å². The predicted molar refractivity (Wildman–Crippen MR) is 97.2 cm³/mol. The van der Waals surface area contributed by atoms with Gasteiger partial charge in [0.15, 0.2) is 11.5 Å². The van der Waals surface area contributed by atoms with Gasteiger partial charge in [-0.15, -0.1) is 10.2 Å². The molecular weight excluding hydrogens is 336 g/mol. The van der Waals surface area contributed by atoms with Gasteiger partial charge in [-0.3, -0.25) is 9.20 Å². The molecule has 1 amide bonds. The Balaban J connectivity index is 1.56. The summed E-state index contributed by atoms with van der Waals surface area (Å²) in [6, 6.07) is 13.2. The minimum atomic E-state index is -0.0419. The van der Waals surface area contributed by atoms with E-state index < -0.39 is 0 Å². The summed E-state index contributed by atoms with van der Waals surface area (Å²) in [5.74, 6) is 0.812. The Bertz CT molecular complexity index is 932. The van der Waals surface area contributed by atoms with E-state index in [9.17, 15) is 4.79 Å². The Hall–Kier alpha value is -2.66. The molecule has 3 heterocycles. The number of halogens is 1. The van der Waals surface area contributed by atoms with Crippen molar-refractivity contribution < 1.29 is 4.79 Å². The van der Waals surface area contributed by atoms with Gasteiger partial charge in [-0.05, 0) is 48.7 Å². The molecular formula is C19H17ClN4O. The van der Waals surface area contributed by atoms with Crippen LogP contribution in [0.4, 0.5) is 0 Å². The van der Waals surface area contributed by atoms with E-state index in [0.717, 1.165) is 36.4 Å². The fourth-order valence-corrected chi connectivity index (χ4v) is 3.35. The summed E-state index contributed by atoms with van der Waals surface area (Å²) in [5, 5.41) is 9.20. The van der Waals surface area contributed by atoms with Crippen LogP contribution in [-0.2, 0) is 4.79 Å². The number of likely N-dealkylation sites (tertiary alicyclic amines) is 1. The maximum atomic E-state index is 12.7. The molecule has 1 fully saturated rings. The number of rotatable bonds is 3. The molecule has 0 radical (unpaired) electrons. The standard InChI is InChI=1S/C19H17ClN4O/c20-15-9-6-14(7-10-15)8-11-18(25)23-13-3-4-16(23)19-22-21-17-5-1-2-12-24(17)19/h1-2,5-12,16H,3-4,13H2. The minimum Gasteiger partial charge on any atom is -0.329 e. The number of hydrogen-bond donors (Lipinski definition) is 0. The van der Waals surface area contributed by atoms with Crippen molar-refractivity contribution in [2.45, 2.75) is 18.9 Å². The second-order valence-corrected chi connectivity index (χ2v) is 6.50. The highest BCUT2D eigenvalue weighted by Crippen LogP contribution is 2.31. The smallest absolute Gasteiger partial charge is 0.247 e. The van der Waals surface area contributed by atoms with Crippen molar-refractivity contribution in [2.75, 3.05) is 6.54 Å². The average molecular weight is 353 g/mol. The summed E-state index contributed by atoms with van der Waals surface area (Å²) in [5.41, 5.74) is 1.75. The fourth-order valence-electron chi connectivity index (χ4n) is 3.22. The molecule has 1 aromatic carbocycles. The number of carbonyl (C=O) groups is 1. The molecule has 6 heteroatoms. The largest absolute Gasteiger partial charge is 0.329 e. The average Bonchev–Trinajstić information content (AvgIpc) is 3.27. The first kappa shape index (κ1) is 15.8. The highest BCUT2D eigenvalue weighted by atomic mass is 35.5. The molecule has 0 spiro atoms. The van der Waals surface area contributed by atoms with Crippen molar-refractivity contribution in [1.82, 2.24) is 19.5 Å². The van der Waals surface area contributed by atoms with Crippen LogP contribution >= 0.6 is 11.6 Å². The van der Waals surface area contributed by atoms with Crippen molar-refractivity contribution >= 4 is 29.2 Å². The van der Waals surface area contributed by atoms with Crippen LogP contribution in [0.3, 0.4) is 0 Å². The quantitative estimate of drug-likeness (QED) is 0.674. The van der Waals surface area contributed by atoms with E-state index in [2.05, 4.69) is 10.2 Å². The van der Waals surface area contributed by atoms with E-state index >= 15 is 0 Å². The van der Waals surface area contributed by atoms with Crippen LogP contribution in [0.25, 0.3) is 11.7 Å². The van der Waals surface area contributed by atoms with Gasteiger partial charge in [-0.25, -0.2) is 0 Å². The topological polar surface area (TPSA) is 50.5 Å². The lowest BCUT2D eigenvalue weighted by Crippen LogP contribution is -2.30. The lowest BCUT2D eigenvalue weighted by molar-refractivity contribution is -0.127. The lowest BCUT2D eigenvalue weighted by Gasteiger charge is -2.22. The van der Waals surface area contributed by atoms with Crippen LogP contribution in [0.5, 0.6) is 0 Å².